The Morgan fingerprint density at radius 1 is 1.16 bits per heavy atom. The number of hydrogen-bond acceptors (Lipinski definition) is 3. The first-order valence-electron chi connectivity index (χ1n) is 8.37. The van der Waals surface area contributed by atoms with Crippen molar-refractivity contribution in [1.29, 1.82) is 0 Å². The van der Waals surface area contributed by atoms with E-state index in [4.69, 9.17) is 0 Å². The van der Waals surface area contributed by atoms with Crippen molar-refractivity contribution >= 4 is 5.91 Å². The first-order valence-corrected chi connectivity index (χ1v) is 8.37. The van der Waals surface area contributed by atoms with Crippen LogP contribution in [0.2, 0.25) is 0 Å². The lowest BCUT2D eigenvalue weighted by Gasteiger charge is -2.19. The number of aryl methyl sites for hydroxylation is 2. The fourth-order valence-corrected chi connectivity index (χ4v) is 2.85. The summed E-state index contributed by atoms with van der Waals surface area (Å²) in [6, 6.07) is 9.78. The maximum atomic E-state index is 12.4. The van der Waals surface area contributed by atoms with Crippen LogP contribution in [-0.4, -0.2) is 25.2 Å². The highest BCUT2D eigenvalue weighted by atomic mass is 16.2. The summed E-state index contributed by atoms with van der Waals surface area (Å²) in [6.07, 6.45) is 5.11. The Morgan fingerprint density at radius 3 is 2.44 bits per heavy atom. The predicted molar refractivity (Wildman–Crippen MR) is 96.5 cm³/mol. The Hall–Kier alpha value is -2.89. The predicted octanol–water partition coefficient (Wildman–Crippen LogP) is 3.12. The molecule has 130 valence electrons. The largest absolute Gasteiger partial charge is 0.348 e. The molecule has 0 aliphatic heterocycles. The molecule has 0 aliphatic carbocycles. The lowest BCUT2D eigenvalue weighted by Crippen LogP contribution is -2.32. The summed E-state index contributed by atoms with van der Waals surface area (Å²) in [7, 11) is 0. The second kappa shape index (κ2) is 6.93. The van der Waals surface area contributed by atoms with Crippen LogP contribution in [0.4, 0.5) is 0 Å². The first kappa shape index (κ1) is 17.0. The van der Waals surface area contributed by atoms with Crippen molar-refractivity contribution in [2.45, 2.75) is 39.8 Å². The lowest BCUT2D eigenvalue weighted by molar-refractivity contribution is -0.124. The summed E-state index contributed by atoms with van der Waals surface area (Å²) in [5.74, 6) is -0.0341. The Balaban J connectivity index is 1.69. The van der Waals surface area contributed by atoms with E-state index >= 15 is 0 Å². The van der Waals surface area contributed by atoms with Gasteiger partial charge < -0.3 is 9.88 Å². The molecule has 0 saturated carbocycles. The number of nitrogens with one attached hydrogen (secondary N) is 1. The van der Waals surface area contributed by atoms with Gasteiger partial charge in [-0.1, -0.05) is 12.1 Å². The van der Waals surface area contributed by atoms with Crippen LogP contribution >= 0.6 is 0 Å². The summed E-state index contributed by atoms with van der Waals surface area (Å²) in [5, 5.41) is 7.54. The summed E-state index contributed by atoms with van der Waals surface area (Å²) in [6.45, 7) is 7.86. The maximum Gasteiger partial charge on any atom is 0.243 e. The summed E-state index contributed by atoms with van der Waals surface area (Å²) < 4.78 is 3.71. The molecule has 0 fully saturated rings. The van der Waals surface area contributed by atoms with Gasteiger partial charge in [-0.25, -0.2) is 9.67 Å². The van der Waals surface area contributed by atoms with Gasteiger partial charge in [0.25, 0.3) is 0 Å². The van der Waals surface area contributed by atoms with Crippen molar-refractivity contribution in [3.63, 3.8) is 0 Å². The van der Waals surface area contributed by atoms with Crippen LogP contribution in [0.25, 0.3) is 5.69 Å². The average Bonchev–Trinajstić information content (AvgIpc) is 3.23. The molecule has 0 radical (unpaired) electrons. The van der Waals surface area contributed by atoms with Crippen LogP contribution < -0.4 is 5.32 Å². The fourth-order valence-electron chi connectivity index (χ4n) is 2.85. The van der Waals surface area contributed by atoms with E-state index in [0.717, 1.165) is 22.6 Å². The summed E-state index contributed by atoms with van der Waals surface area (Å²) >= 11 is 0. The number of imidazole rings is 1. The zero-order chi connectivity index (χ0) is 18.0. The Morgan fingerprint density at radius 2 is 1.88 bits per heavy atom. The third-order valence-corrected chi connectivity index (χ3v) is 4.36. The van der Waals surface area contributed by atoms with E-state index in [-0.39, 0.29) is 18.0 Å². The number of carbonyl (C=O) groups is 1. The number of aromatic nitrogens is 4. The molecule has 2 aromatic heterocycles. The number of amides is 1. The molecule has 0 spiro atoms. The molecule has 25 heavy (non-hydrogen) atoms. The van der Waals surface area contributed by atoms with Crippen LogP contribution in [0.15, 0.2) is 49.1 Å². The molecule has 0 bridgehead atoms. The van der Waals surface area contributed by atoms with Crippen molar-refractivity contribution in [3.05, 3.63) is 66.0 Å². The van der Waals surface area contributed by atoms with E-state index in [0.29, 0.717) is 0 Å². The van der Waals surface area contributed by atoms with E-state index in [9.17, 15) is 4.79 Å². The van der Waals surface area contributed by atoms with Gasteiger partial charge in [0.05, 0.1) is 23.8 Å². The molecular weight excluding hydrogens is 314 g/mol. The fraction of sp³-hybridized carbons (Fsp3) is 0.316. The normalized spacial score (nSPS) is 13.4. The Bertz CT molecular complexity index is 849. The Labute approximate surface area is 147 Å². The molecule has 6 nitrogen and oxygen atoms in total. The highest BCUT2D eigenvalue weighted by Gasteiger charge is 2.17. The third-order valence-electron chi connectivity index (χ3n) is 4.36. The molecule has 1 N–H and O–H groups in total. The van der Waals surface area contributed by atoms with Gasteiger partial charge in [-0.15, -0.1) is 0 Å². The molecule has 6 heteroatoms. The van der Waals surface area contributed by atoms with Crippen molar-refractivity contribution in [2.75, 3.05) is 0 Å². The van der Waals surface area contributed by atoms with Crippen molar-refractivity contribution in [3.8, 4) is 5.69 Å². The lowest BCUT2D eigenvalue weighted by atomic mass is 10.1. The van der Waals surface area contributed by atoms with Gasteiger partial charge in [-0.2, -0.15) is 5.10 Å². The van der Waals surface area contributed by atoms with Gasteiger partial charge in [0.1, 0.15) is 6.04 Å². The van der Waals surface area contributed by atoms with Crippen LogP contribution in [0, 0.1) is 13.8 Å². The molecule has 0 saturated heterocycles. The summed E-state index contributed by atoms with van der Waals surface area (Å²) in [4.78, 5) is 16.4. The van der Waals surface area contributed by atoms with E-state index in [1.165, 1.54) is 0 Å². The van der Waals surface area contributed by atoms with E-state index in [2.05, 4.69) is 15.4 Å². The highest BCUT2D eigenvalue weighted by molar-refractivity contribution is 5.80. The Kier molecular flexibility index (Phi) is 4.70. The average molecular weight is 337 g/mol. The smallest absolute Gasteiger partial charge is 0.243 e. The molecule has 2 atom stereocenters. The molecule has 3 rings (SSSR count). The molecule has 0 aliphatic rings. The molecule has 0 unspecified atom stereocenters. The standard InChI is InChI=1S/C19H23N5O/c1-13-11-14(2)24(22-13)18-7-5-17(6-8-18)15(3)21-19(25)16(4)23-10-9-20-12-23/h5-12,15-16H,1-4H3,(H,21,25)/t15-,16-/m0/s1. The van der Waals surface area contributed by atoms with Crippen LogP contribution in [-0.2, 0) is 4.79 Å². The number of rotatable bonds is 5. The van der Waals surface area contributed by atoms with Gasteiger partial charge in [-0.05, 0) is 51.5 Å². The number of hydrogen-bond donors (Lipinski definition) is 1. The van der Waals surface area contributed by atoms with Gasteiger partial charge in [-0.3, -0.25) is 4.79 Å². The zero-order valence-corrected chi connectivity index (χ0v) is 15.0. The minimum absolute atomic E-state index is 0.0341. The van der Waals surface area contributed by atoms with Gasteiger partial charge in [0, 0.05) is 18.1 Å². The van der Waals surface area contributed by atoms with E-state index in [1.807, 2.05) is 62.7 Å². The molecule has 3 aromatic rings. The molecular formula is C19H23N5O. The van der Waals surface area contributed by atoms with Crippen molar-refractivity contribution < 1.29 is 4.79 Å². The third kappa shape index (κ3) is 3.63. The van der Waals surface area contributed by atoms with Gasteiger partial charge >= 0.3 is 0 Å². The minimum atomic E-state index is -0.293. The first-order chi connectivity index (χ1) is 12.0. The van der Waals surface area contributed by atoms with E-state index < -0.39 is 0 Å². The van der Waals surface area contributed by atoms with Crippen LogP contribution in [0.5, 0.6) is 0 Å². The number of nitrogens with zero attached hydrogens (tertiary/aromatic N) is 4. The van der Waals surface area contributed by atoms with Gasteiger partial charge in [0.2, 0.25) is 5.91 Å². The highest BCUT2D eigenvalue weighted by Crippen LogP contribution is 2.18. The minimum Gasteiger partial charge on any atom is -0.348 e. The van der Waals surface area contributed by atoms with Crippen molar-refractivity contribution in [1.82, 2.24) is 24.6 Å². The van der Waals surface area contributed by atoms with Crippen molar-refractivity contribution in [2.24, 2.45) is 0 Å². The zero-order valence-electron chi connectivity index (χ0n) is 15.0. The maximum absolute atomic E-state index is 12.4. The molecule has 2 heterocycles. The monoisotopic (exact) mass is 337 g/mol. The molecule has 1 amide bonds. The van der Waals surface area contributed by atoms with Crippen LogP contribution in [0.3, 0.4) is 0 Å². The van der Waals surface area contributed by atoms with Crippen LogP contribution in [0.1, 0.15) is 42.9 Å². The second-order valence-corrected chi connectivity index (χ2v) is 6.35. The van der Waals surface area contributed by atoms with Gasteiger partial charge in [0.15, 0.2) is 0 Å². The second-order valence-electron chi connectivity index (χ2n) is 6.35. The SMILES string of the molecule is Cc1cc(C)n(-c2ccc([C@H](C)NC(=O)[C@H](C)n3ccnc3)cc2)n1. The number of carbonyl (C=O) groups excluding carboxylic acids is 1. The quantitative estimate of drug-likeness (QED) is 0.778. The summed E-state index contributed by atoms with van der Waals surface area (Å²) in [5.41, 5.74) is 4.16. The number of benzene rings is 1. The molecule has 1 aromatic carbocycles. The topological polar surface area (TPSA) is 64.7 Å². The van der Waals surface area contributed by atoms with E-state index in [1.54, 1.807) is 23.3 Å².